The molecule has 1 unspecified atom stereocenters. The zero-order valence-corrected chi connectivity index (χ0v) is 11.2. The number of rotatable bonds is 5. The molecule has 1 N–H and O–H groups in total. The van der Waals surface area contributed by atoms with Gasteiger partial charge in [0.1, 0.15) is 0 Å². The van der Waals surface area contributed by atoms with Crippen molar-refractivity contribution in [2.24, 2.45) is 0 Å². The zero-order chi connectivity index (χ0) is 12.0. The molecule has 0 aromatic rings. The standard InChI is InChI=1S/C13H26N2O/c1-5-11(3)13(14-6-2)12(4)15-7-9-16-10-8-15/h12,14H,5-10H2,1-4H3/b13-11-. The van der Waals surface area contributed by atoms with Crippen LogP contribution in [0, 0.1) is 0 Å². The number of nitrogens with zero attached hydrogens (tertiary/aromatic N) is 1. The Bertz CT molecular complexity index is 232. The van der Waals surface area contributed by atoms with Crippen LogP contribution in [0.25, 0.3) is 0 Å². The van der Waals surface area contributed by atoms with Gasteiger partial charge < -0.3 is 10.1 Å². The first-order valence-electron chi connectivity index (χ1n) is 6.46. The molecule has 1 atom stereocenters. The molecule has 94 valence electrons. The third-order valence-corrected chi connectivity index (χ3v) is 3.37. The quantitative estimate of drug-likeness (QED) is 0.776. The number of hydrogen-bond acceptors (Lipinski definition) is 3. The van der Waals surface area contributed by atoms with Crippen molar-refractivity contribution < 1.29 is 4.74 Å². The molecule has 1 saturated heterocycles. The minimum absolute atomic E-state index is 0.490. The maximum Gasteiger partial charge on any atom is 0.0594 e. The normalized spacial score (nSPS) is 21.5. The summed E-state index contributed by atoms with van der Waals surface area (Å²) in [4.78, 5) is 2.50. The molecule has 0 aromatic heterocycles. The second-order valence-electron chi connectivity index (χ2n) is 4.40. The van der Waals surface area contributed by atoms with Crippen LogP contribution in [-0.2, 0) is 4.74 Å². The summed E-state index contributed by atoms with van der Waals surface area (Å²) in [6.45, 7) is 13.7. The molecule has 0 aromatic carbocycles. The molecule has 1 fully saturated rings. The van der Waals surface area contributed by atoms with E-state index in [1.165, 1.54) is 11.3 Å². The van der Waals surface area contributed by atoms with Crippen LogP contribution in [0.5, 0.6) is 0 Å². The molecule has 0 saturated carbocycles. The van der Waals surface area contributed by atoms with Gasteiger partial charge in [-0.2, -0.15) is 0 Å². The summed E-state index contributed by atoms with van der Waals surface area (Å²) in [5.41, 5.74) is 2.88. The van der Waals surface area contributed by atoms with Gasteiger partial charge in [-0.25, -0.2) is 0 Å². The summed E-state index contributed by atoms with van der Waals surface area (Å²) in [6, 6.07) is 0.490. The van der Waals surface area contributed by atoms with E-state index in [2.05, 4.69) is 37.9 Å². The van der Waals surface area contributed by atoms with E-state index in [-0.39, 0.29) is 0 Å². The summed E-state index contributed by atoms with van der Waals surface area (Å²) < 4.78 is 5.40. The van der Waals surface area contributed by atoms with Crippen LogP contribution >= 0.6 is 0 Å². The Morgan fingerprint density at radius 1 is 1.31 bits per heavy atom. The smallest absolute Gasteiger partial charge is 0.0594 e. The summed E-state index contributed by atoms with van der Waals surface area (Å²) in [7, 11) is 0. The van der Waals surface area contributed by atoms with Gasteiger partial charge in [0.2, 0.25) is 0 Å². The number of likely N-dealkylation sites (N-methyl/N-ethyl adjacent to an activating group) is 1. The number of ether oxygens (including phenoxy) is 1. The number of morpholine rings is 1. The highest BCUT2D eigenvalue weighted by Gasteiger charge is 2.20. The first-order chi connectivity index (χ1) is 7.70. The van der Waals surface area contributed by atoms with Gasteiger partial charge in [0.25, 0.3) is 0 Å². The molecule has 0 aliphatic carbocycles. The molecule has 1 rings (SSSR count). The molecule has 0 spiro atoms. The Kier molecular flexibility index (Phi) is 5.85. The zero-order valence-electron chi connectivity index (χ0n) is 11.2. The van der Waals surface area contributed by atoms with Crippen molar-refractivity contribution in [3.05, 3.63) is 11.3 Å². The summed E-state index contributed by atoms with van der Waals surface area (Å²) >= 11 is 0. The second kappa shape index (κ2) is 6.92. The average Bonchev–Trinajstić information content (AvgIpc) is 2.35. The van der Waals surface area contributed by atoms with Gasteiger partial charge in [-0.1, -0.05) is 12.5 Å². The lowest BCUT2D eigenvalue weighted by molar-refractivity contribution is 0.0255. The van der Waals surface area contributed by atoms with Gasteiger partial charge >= 0.3 is 0 Å². The molecule has 3 heteroatoms. The van der Waals surface area contributed by atoms with Gasteiger partial charge in [-0.05, 0) is 27.2 Å². The van der Waals surface area contributed by atoms with Crippen LogP contribution in [-0.4, -0.2) is 43.8 Å². The summed E-state index contributed by atoms with van der Waals surface area (Å²) in [5.74, 6) is 0. The van der Waals surface area contributed by atoms with Crippen molar-refractivity contribution in [2.75, 3.05) is 32.8 Å². The Morgan fingerprint density at radius 3 is 2.44 bits per heavy atom. The molecular formula is C13H26N2O. The highest BCUT2D eigenvalue weighted by atomic mass is 16.5. The summed E-state index contributed by atoms with van der Waals surface area (Å²) in [5, 5.41) is 3.53. The Morgan fingerprint density at radius 2 is 1.94 bits per heavy atom. The maximum atomic E-state index is 5.40. The topological polar surface area (TPSA) is 24.5 Å². The lowest BCUT2D eigenvalue weighted by Gasteiger charge is -2.34. The van der Waals surface area contributed by atoms with Crippen molar-refractivity contribution in [3.8, 4) is 0 Å². The van der Waals surface area contributed by atoms with Crippen molar-refractivity contribution in [2.45, 2.75) is 40.2 Å². The molecule has 1 heterocycles. The Balaban J connectivity index is 2.69. The maximum absolute atomic E-state index is 5.40. The largest absolute Gasteiger partial charge is 0.387 e. The van der Waals surface area contributed by atoms with E-state index in [0.717, 1.165) is 39.3 Å². The Labute approximate surface area is 99.8 Å². The fourth-order valence-corrected chi connectivity index (χ4v) is 2.18. The number of nitrogens with one attached hydrogen (secondary N) is 1. The SMILES string of the molecule is CCN/C(=C(/C)CC)C(C)N1CCOCC1. The van der Waals surface area contributed by atoms with Crippen LogP contribution in [0.2, 0.25) is 0 Å². The van der Waals surface area contributed by atoms with Gasteiger partial charge in [-0.15, -0.1) is 0 Å². The molecular weight excluding hydrogens is 200 g/mol. The van der Waals surface area contributed by atoms with Crippen LogP contribution < -0.4 is 5.32 Å². The Hall–Kier alpha value is -0.540. The molecule has 0 amide bonds. The van der Waals surface area contributed by atoms with Crippen molar-refractivity contribution >= 4 is 0 Å². The molecule has 3 nitrogen and oxygen atoms in total. The highest BCUT2D eigenvalue weighted by molar-refractivity contribution is 5.16. The number of hydrogen-bond donors (Lipinski definition) is 1. The summed E-state index contributed by atoms with van der Waals surface area (Å²) in [6.07, 6.45) is 1.12. The van der Waals surface area contributed by atoms with Gasteiger partial charge in [0.05, 0.1) is 13.2 Å². The minimum Gasteiger partial charge on any atom is -0.387 e. The van der Waals surface area contributed by atoms with Crippen molar-refractivity contribution in [1.82, 2.24) is 10.2 Å². The van der Waals surface area contributed by atoms with Crippen LogP contribution in [0.4, 0.5) is 0 Å². The first-order valence-corrected chi connectivity index (χ1v) is 6.46. The molecule has 0 radical (unpaired) electrons. The number of allylic oxidation sites excluding steroid dienone is 1. The van der Waals surface area contributed by atoms with E-state index in [1.807, 2.05) is 0 Å². The van der Waals surface area contributed by atoms with E-state index in [0.29, 0.717) is 6.04 Å². The van der Waals surface area contributed by atoms with Gasteiger partial charge in [-0.3, -0.25) is 4.90 Å². The first kappa shape index (κ1) is 13.5. The van der Waals surface area contributed by atoms with Crippen LogP contribution in [0.15, 0.2) is 11.3 Å². The molecule has 1 aliphatic heterocycles. The lowest BCUT2D eigenvalue weighted by atomic mass is 10.1. The highest BCUT2D eigenvalue weighted by Crippen LogP contribution is 2.15. The molecule has 16 heavy (non-hydrogen) atoms. The van der Waals surface area contributed by atoms with Gasteiger partial charge in [0.15, 0.2) is 0 Å². The van der Waals surface area contributed by atoms with E-state index in [9.17, 15) is 0 Å². The lowest BCUT2D eigenvalue weighted by Crippen LogP contribution is -2.45. The molecule has 0 bridgehead atoms. The predicted molar refractivity (Wildman–Crippen MR) is 68.5 cm³/mol. The van der Waals surface area contributed by atoms with Crippen molar-refractivity contribution in [1.29, 1.82) is 0 Å². The van der Waals surface area contributed by atoms with E-state index in [4.69, 9.17) is 4.74 Å². The monoisotopic (exact) mass is 226 g/mol. The molecule has 1 aliphatic rings. The third kappa shape index (κ3) is 3.49. The second-order valence-corrected chi connectivity index (χ2v) is 4.40. The van der Waals surface area contributed by atoms with E-state index < -0.39 is 0 Å². The van der Waals surface area contributed by atoms with E-state index in [1.54, 1.807) is 0 Å². The van der Waals surface area contributed by atoms with Crippen LogP contribution in [0.1, 0.15) is 34.1 Å². The fourth-order valence-electron chi connectivity index (χ4n) is 2.18. The average molecular weight is 226 g/mol. The van der Waals surface area contributed by atoms with Crippen LogP contribution in [0.3, 0.4) is 0 Å². The van der Waals surface area contributed by atoms with E-state index >= 15 is 0 Å². The fraction of sp³-hybridized carbons (Fsp3) is 0.846. The van der Waals surface area contributed by atoms with Gasteiger partial charge in [0, 0.05) is 31.4 Å². The minimum atomic E-state index is 0.490. The third-order valence-electron chi connectivity index (χ3n) is 3.37. The van der Waals surface area contributed by atoms with Crippen molar-refractivity contribution in [3.63, 3.8) is 0 Å². The predicted octanol–water partition coefficient (Wildman–Crippen LogP) is 2.00.